The molecule has 4 rings (SSSR count). The summed E-state index contributed by atoms with van der Waals surface area (Å²) < 4.78 is 0. The molecule has 6 nitrogen and oxygen atoms in total. The van der Waals surface area contributed by atoms with Crippen LogP contribution >= 0.6 is 0 Å². The van der Waals surface area contributed by atoms with Gasteiger partial charge < -0.3 is 20.4 Å². The molecule has 0 radical (unpaired) electrons. The lowest BCUT2D eigenvalue weighted by molar-refractivity contribution is -0.918. The molecule has 3 amide bonds. The summed E-state index contributed by atoms with van der Waals surface area (Å²) in [6.07, 6.45) is 3.94. The number of amides is 3. The molecule has 2 aromatic rings. The maximum atomic E-state index is 12.9. The van der Waals surface area contributed by atoms with Gasteiger partial charge in [-0.15, -0.1) is 0 Å². The summed E-state index contributed by atoms with van der Waals surface area (Å²) >= 11 is 0. The fourth-order valence-corrected chi connectivity index (χ4v) is 4.78. The highest BCUT2D eigenvalue weighted by atomic mass is 16.2. The number of rotatable bonds is 6. The first-order valence-corrected chi connectivity index (χ1v) is 11.5. The maximum Gasteiger partial charge on any atom is 0.321 e. The smallest absolute Gasteiger partial charge is 0.321 e. The van der Waals surface area contributed by atoms with Gasteiger partial charge >= 0.3 is 6.03 Å². The number of carbonyl (C=O) groups is 2. The molecule has 1 atom stereocenters. The largest absolute Gasteiger partial charge is 0.350 e. The van der Waals surface area contributed by atoms with E-state index < -0.39 is 0 Å². The lowest BCUT2D eigenvalue weighted by Crippen LogP contribution is -3.11. The van der Waals surface area contributed by atoms with Gasteiger partial charge in [-0.3, -0.25) is 4.79 Å². The predicted octanol–water partition coefficient (Wildman–Crippen LogP) is 2.47. The number of urea groups is 1. The van der Waals surface area contributed by atoms with E-state index in [0.717, 1.165) is 5.69 Å². The van der Waals surface area contributed by atoms with Crippen LogP contribution in [0.2, 0.25) is 0 Å². The Hall–Kier alpha value is -2.86. The molecule has 0 spiro atoms. The molecule has 2 aromatic carbocycles. The Balaban J connectivity index is 1.27. The third kappa shape index (κ3) is 5.64. The normalized spacial score (nSPS) is 18.5. The second-order valence-corrected chi connectivity index (χ2v) is 8.63. The van der Waals surface area contributed by atoms with Crippen LogP contribution in [-0.4, -0.2) is 49.6 Å². The highest BCUT2D eigenvalue weighted by Gasteiger charge is 2.31. The van der Waals surface area contributed by atoms with Gasteiger partial charge in [-0.2, -0.15) is 0 Å². The predicted molar refractivity (Wildman–Crippen MR) is 122 cm³/mol. The SMILES string of the molecule is O=C(NC[C@H](c1ccccc1)[NH+]1CCCC1)C1CCN(C(=O)Nc2ccccc2)CC1. The Bertz CT molecular complexity index is 844. The van der Waals surface area contributed by atoms with E-state index in [1.165, 1.54) is 31.5 Å². The molecular formula is C25H33N4O2+. The van der Waals surface area contributed by atoms with Crippen molar-refractivity contribution in [1.29, 1.82) is 0 Å². The number of benzene rings is 2. The molecule has 0 bridgehead atoms. The molecular weight excluding hydrogens is 388 g/mol. The van der Waals surface area contributed by atoms with Crippen LogP contribution in [0.15, 0.2) is 60.7 Å². The highest BCUT2D eigenvalue weighted by Crippen LogP contribution is 2.19. The van der Waals surface area contributed by atoms with Gasteiger partial charge in [-0.25, -0.2) is 4.79 Å². The fraction of sp³-hybridized carbons (Fsp3) is 0.440. The third-order valence-corrected chi connectivity index (χ3v) is 6.60. The molecule has 3 N–H and O–H groups in total. The Morgan fingerprint density at radius 2 is 1.55 bits per heavy atom. The van der Waals surface area contributed by atoms with Crippen molar-refractivity contribution in [1.82, 2.24) is 10.2 Å². The van der Waals surface area contributed by atoms with Crippen LogP contribution in [0.3, 0.4) is 0 Å². The van der Waals surface area contributed by atoms with Gasteiger partial charge in [0.1, 0.15) is 6.04 Å². The molecule has 0 unspecified atom stereocenters. The zero-order valence-corrected chi connectivity index (χ0v) is 18.1. The van der Waals surface area contributed by atoms with Crippen molar-refractivity contribution in [2.45, 2.75) is 31.7 Å². The average molecular weight is 422 g/mol. The minimum Gasteiger partial charge on any atom is -0.350 e. The van der Waals surface area contributed by atoms with Crippen LogP contribution in [0, 0.1) is 5.92 Å². The van der Waals surface area contributed by atoms with E-state index in [-0.39, 0.29) is 17.9 Å². The molecule has 164 valence electrons. The average Bonchev–Trinajstić information content (AvgIpc) is 3.35. The van der Waals surface area contributed by atoms with Crippen LogP contribution in [0.25, 0.3) is 0 Å². The summed E-state index contributed by atoms with van der Waals surface area (Å²) in [6, 6.07) is 20.2. The number of likely N-dealkylation sites (tertiary alicyclic amines) is 2. The number of hydrogen-bond donors (Lipinski definition) is 3. The first kappa shape index (κ1) is 21.4. The Labute approximate surface area is 184 Å². The molecule has 2 fully saturated rings. The van der Waals surface area contributed by atoms with Crippen LogP contribution in [0.4, 0.5) is 10.5 Å². The number of hydrogen-bond acceptors (Lipinski definition) is 2. The first-order valence-electron chi connectivity index (χ1n) is 11.5. The first-order chi connectivity index (χ1) is 15.2. The van der Waals surface area contributed by atoms with Crippen LogP contribution in [-0.2, 0) is 4.79 Å². The number of quaternary nitrogens is 1. The second kappa shape index (κ2) is 10.4. The summed E-state index contributed by atoms with van der Waals surface area (Å²) in [6.45, 7) is 4.23. The van der Waals surface area contributed by atoms with E-state index in [4.69, 9.17) is 0 Å². The standard InChI is InChI=1S/C25H32N4O2/c30-24(26-19-23(28-15-7-8-16-28)20-9-3-1-4-10-20)21-13-17-29(18-14-21)25(31)27-22-11-5-2-6-12-22/h1-6,9-12,21,23H,7-8,13-19H2,(H,26,30)(H,27,31)/p+1/t23-/m1/s1. The minimum absolute atomic E-state index is 0.0224. The minimum atomic E-state index is -0.0909. The van der Waals surface area contributed by atoms with Crippen molar-refractivity contribution < 1.29 is 14.5 Å². The van der Waals surface area contributed by atoms with Gasteiger partial charge in [-0.05, 0) is 25.0 Å². The summed E-state index contributed by atoms with van der Waals surface area (Å²) in [5.74, 6) is 0.105. The summed E-state index contributed by atoms with van der Waals surface area (Å²) in [5.41, 5.74) is 2.09. The highest BCUT2D eigenvalue weighted by molar-refractivity contribution is 5.89. The van der Waals surface area contributed by atoms with Crippen molar-refractivity contribution >= 4 is 17.6 Å². The number of nitrogens with zero attached hydrogens (tertiary/aromatic N) is 1. The molecule has 31 heavy (non-hydrogen) atoms. The molecule has 2 saturated heterocycles. The summed E-state index contributed by atoms with van der Waals surface area (Å²) in [7, 11) is 0. The number of nitrogens with one attached hydrogen (secondary N) is 3. The van der Waals surface area contributed by atoms with Crippen molar-refractivity contribution in [3.05, 3.63) is 66.2 Å². The zero-order chi connectivity index (χ0) is 21.5. The van der Waals surface area contributed by atoms with Gasteiger partial charge in [0.05, 0.1) is 19.6 Å². The van der Waals surface area contributed by atoms with E-state index in [1.54, 1.807) is 9.80 Å². The van der Waals surface area contributed by atoms with E-state index in [0.29, 0.717) is 38.5 Å². The summed E-state index contributed by atoms with van der Waals surface area (Å²) in [4.78, 5) is 28.7. The van der Waals surface area contributed by atoms with E-state index in [2.05, 4.69) is 34.9 Å². The van der Waals surface area contributed by atoms with Crippen LogP contribution in [0.1, 0.15) is 37.3 Å². The number of anilines is 1. The fourth-order valence-electron chi connectivity index (χ4n) is 4.78. The maximum absolute atomic E-state index is 12.9. The monoisotopic (exact) mass is 421 g/mol. The van der Waals surface area contributed by atoms with Gasteiger partial charge in [0.15, 0.2) is 0 Å². The van der Waals surface area contributed by atoms with Gasteiger partial charge in [0, 0.05) is 43.1 Å². The van der Waals surface area contributed by atoms with Crippen LogP contribution < -0.4 is 15.5 Å². The molecule has 0 aromatic heterocycles. The zero-order valence-electron chi connectivity index (χ0n) is 18.1. The van der Waals surface area contributed by atoms with E-state index in [9.17, 15) is 9.59 Å². The lowest BCUT2D eigenvalue weighted by Gasteiger charge is -2.32. The third-order valence-electron chi connectivity index (χ3n) is 6.60. The Morgan fingerprint density at radius 3 is 2.19 bits per heavy atom. The molecule has 2 heterocycles. The van der Waals surface area contributed by atoms with Crippen molar-refractivity contribution in [3.8, 4) is 0 Å². The van der Waals surface area contributed by atoms with Gasteiger partial charge in [0.2, 0.25) is 5.91 Å². The van der Waals surface area contributed by atoms with Crippen molar-refractivity contribution in [3.63, 3.8) is 0 Å². The van der Waals surface area contributed by atoms with Gasteiger partial charge in [-0.1, -0.05) is 48.5 Å². The van der Waals surface area contributed by atoms with Gasteiger partial charge in [0.25, 0.3) is 0 Å². The topological polar surface area (TPSA) is 65.9 Å². The lowest BCUT2D eigenvalue weighted by atomic mass is 9.95. The number of piperidine rings is 1. The Morgan fingerprint density at radius 1 is 0.935 bits per heavy atom. The number of carbonyl (C=O) groups excluding carboxylic acids is 2. The second-order valence-electron chi connectivity index (χ2n) is 8.63. The van der Waals surface area contributed by atoms with Crippen molar-refractivity contribution in [2.75, 3.05) is 38.0 Å². The Kier molecular flexibility index (Phi) is 7.20. The van der Waals surface area contributed by atoms with Crippen molar-refractivity contribution in [2.24, 2.45) is 5.92 Å². The van der Waals surface area contributed by atoms with E-state index >= 15 is 0 Å². The van der Waals surface area contributed by atoms with Crippen LogP contribution in [0.5, 0.6) is 0 Å². The quantitative estimate of drug-likeness (QED) is 0.671. The summed E-state index contributed by atoms with van der Waals surface area (Å²) in [5, 5.41) is 6.16. The molecule has 0 aliphatic carbocycles. The molecule has 6 heteroatoms. The number of para-hydroxylation sites is 1. The van der Waals surface area contributed by atoms with E-state index in [1.807, 2.05) is 36.4 Å². The molecule has 2 aliphatic rings. The molecule has 2 aliphatic heterocycles. The molecule has 0 saturated carbocycles.